The van der Waals surface area contributed by atoms with E-state index in [1.807, 2.05) is 20.8 Å². The molecule has 0 saturated carbocycles. The van der Waals surface area contributed by atoms with Crippen LogP contribution in [0.3, 0.4) is 0 Å². The van der Waals surface area contributed by atoms with Crippen LogP contribution in [-0.4, -0.2) is 31.6 Å². The van der Waals surface area contributed by atoms with Crippen molar-refractivity contribution >= 4 is 23.5 Å². The number of esters is 2. The number of para-hydroxylation sites is 1. The minimum Gasteiger partial charge on any atom is -0.465 e. The summed E-state index contributed by atoms with van der Waals surface area (Å²) < 4.78 is 9.55. The first-order valence-electron chi connectivity index (χ1n) is 6.86. The van der Waals surface area contributed by atoms with Crippen molar-refractivity contribution in [2.24, 2.45) is 5.41 Å². The van der Waals surface area contributed by atoms with Crippen molar-refractivity contribution in [3.8, 4) is 0 Å². The van der Waals surface area contributed by atoms with E-state index in [1.54, 1.807) is 18.2 Å². The van der Waals surface area contributed by atoms with E-state index in [1.165, 1.54) is 13.2 Å². The van der Waals surface area contributed by atoms with Gasteiger partial charge in [-0.15, -0.1) is 0 Å². The summed E-state index contributed by atoms with van der Waals surface area (Å²) in [5, 5.41) is 2.53. The molecule has 6 heteroatoms. The van der Waals surface area contributed by atoms with E-state index in [4.69, 9.17) is 4.74 Å². The molecule has 1 aromatic carbocycles. The molecule has 0 atom stereocenters. The second-order valence-electron chi connectivity index (χ2n) is 5.98. The summed E-state index contributed by atoms with van der Waals surface area (Å²) in [5.74, 6) is -1.51. The van der Waals surface area contributed by atoms with E-state index in [-0.39, 0.29) is 17.4 Å². The Morgan fingerprint density at radius 1 is 1.14 bits per heavy atom. The van der Waals surface area contributed by atoms with Gasteiger partial charge in [0.05, 0.1) is 24.8 Å². The summed E-state index contributed by atoms with van der Waals surface area (Å²) in [6.45, 7) is 5.31. The predicted octanol–water partition coefficient (Wildman–Crippen LogP) is 2.39. The third-order valence-corrected chi connectivity index (χ3v) is 2.65. The highest BCUT2D eigenvalue weighted by Gasteiger charge is 2.18. The average molecular weight is 307 g/mol. The molecular formula is C16H21NO5. The number of hydrogen-bond acceptors (Lipinski definition) is 5. The third kappa shape index (κ3) is 5.95. The van der Waals surface area contributed by atoms with Crippen LogP contribution in [0.25, 0.3) is 0 Å². The zero-order chi connectivity index (χ0) is 16.8. The summed E-state index contributed by atoms with van der Waals surface area (Å²) in [6.07, 6.45) is 0.221. The molecule has 0 aromatic heterocycles. The molecule has 1 rings (SSSR count). The molecule has 0 aliphatic carbocycles. The maximum absolute atomic E-state index is 11.8. The Hall–Kier alpha value is -2.37. The monoisotopic (exact) mass is 307 g/mol. The number of methoxy groups -OCH3 is 1. The number of amides is 1. The SMILES string of the molecule is COC(=O)c1ccccc1NC(=O)COC(=O)CC(C)(C)C. The van der Waals surface area contributed by atoms with Crippen molar-refractivity contribution < 1.29 is 23.9 Å². The van der Waals surface area contributed by atoms with Gasteiger partial charge in [-0.3, -0.25) is 9.59 Å². The van der Waals surface area contributed by atoms with Crippen molar-refractivity contribution in [1.29, 1.82) is 0 Å². The van der Waals surface area contributed by atoms with Crippen LogP contribution in [0.1, 0.15) is 37.6 Å². The highest BCUT2D eigenvalue weighted by Crippen LogP contribution is 2.19. The number of benzene rings is 1. The minimum atomic E-state index is -0.555. The van der Waals surface area contributed by atoms with Crippen LogP contribution in [-0.2, 0) is 19.1 Å². The zero-order valence-corrected chi connectivity index (χ0v) is 13.3. The number of hydrogen-bond donors (Lipinski definition) is 1. The molecule has 0 bridgehead atoms. The van der Waals surface area contributed by atoms with Gasteiger partial charge in [-0.05, 0) is 17.5 Å². The molecular weight excluding hydrogens is 286 g/mol. The van der Waals surface area contributed by atoms with Crippen molar-refractivity contribution in [3.05, 3.63) is 29.8 Å². The fraction of sp³-hybridized carbons (Fsp3) is 0.438. The van der Waals surface area contributed by atoms with E-state index in [9.17, 15) is 14.4 Å². The van der Waals surface area contributed by atoms with Crippen molar-refractivity contribution in [3.63, 3.8) is 0 Å². The molecule has 1 aromatic rings. The molecule has 1 N–H and O–H groups in total. The van der Waals surface area contributed by atoms with Crippen LogP contribution in [0.4, 0.5) is 5.69 Å². The molecule has 0 fully saturated rings. The Labute approximate surface area is 129 Å². The van der Waals surface area contributed by atoms with Gasteiger partial charge in [0.15, 0.2) is 6.61 Å². The van der Waals surface area contributed by atoms with E-state index in [0.29, 0.717) is 5.69 Å². The number of carbonyl (C=O) groups excluding carboxylic acids is 3. The molecule has 6 nitrogen and oxygen atoms in total. The van der Waals surface area contributed by atoms with Crippen LogP contribution < -0.4 is 5.32 Å². The summed E-state index contributed by atoms with van der Waals surface area (Å²) >= 11 is 0. The van der Waals surface area contributed by atoms with Gasteiger partial charge in [-0.2, -0.15) is 0 Å². The summed E-state index contributed by atoms with van der Waals surface area (Å²) in [7, 11) is 1.26. The molecule has 0 aliphatic heterocycles. The van der Waals surface area contributed by atoms with Crippen LogP contribution in [0.2, 0.25) is 0 Å². The molecule has 120 valence electrons. The fourth-order valence-electron chi connectivity index (χ4n) is 1.70. The minimum absolute atomic E-state index is 0.203. The lowest BCUT2D eigenvalue weighted by molar-refractivity contribution is -0.149. The predicted molar refractivity (Wildman–Crippen MR) is 81.4 cm³/mol. The number of carbonyl (C=O) groups is 3. The van der Waals surface area contributed by atoms with Crippen LogP contribution >= 0.6 is 0 Å². The lowest BCUT2D eigenvalue weighted by atomic mass is 9.92. The fourth-order valence-corrected chi connectivity index (χ4v) is 1.70. The zero-order valence-electron chi connectivity index (χ0n) is 13.3. The van der Waals surface area contributed by atoms with Crippen molar-refractivity contribution in [1.82, 2.24) is 0 Å². The van der Waals surface area contributed by atoms with E-state index in [0.717, 1.165) is 0 Å². The van der Waals surface area contributed by atoms with Crippen LogP contribution in [0, 0.1) is 5.41 Å². The molecule has 0 aliphatic rings. The standard InChI is InChI=1S/C16H21NO5/c1-16(2,3)9-14(19)22-10-13(18)17-12-8-6-5-7-11(12)15(20)21-4/h5-8H,9-10H2,1-4H3,(H,17,18). The van der Waals surface area contributed by atoms with Gasteiger partial charge in [0.1, 0.15) is 0 Å². The summed E-state index contributed by atoms with van der Waals surface area (Å²) in [5.41, 5.74) is 0.344. The summed E-state index contributed by atoms with van der Waals surface area (Å²) in [4.78, 5) is 34.9. The second kappa shape index (κ2) is 7.59. The largest absolute Gasteiger partial charge is 0.465 e. The maximum atomic E-state index is 11.8. The Balaban J connectivity index is 2.60. The average Bonchev–Trinajstić information content (AvgIpc) is 2.43. The lowest BCUT2D eigenvalue weighted by Crippen LogP contribution is -2.24. The Morgan fingerprint density at radius 2 is 1.77 bits per heavy atom. The Morgan fingerprint density at radius 3 is 2.36 bits per heavy atom. The highest BCUT2D eigenvalue weighted by atomic mass is 16.5. The number of ether oxygens (including phenoxy) is 2. The van der Waals surface area contributed by atoms with Gasteiger partial charge in [-0.1, -0.05) is 32.9 Å². The molecule has 22 heavy (non-hydrogen) atoms. The van der Waals surface area contributed by atoms with E-state index in [2.05, 4.69) is 10.1 Å². The molecule has 0 unspecified atom stereocenters. The number of rotatable bonds is 5. The van der Waals surface area contributed by atoms with Gasteiger partial charge in [0.25, 0.3) is 5.91 Å². The van der Waals surface area contributed by atoms with Crippen LogP contribution in [0.15, 0.2) is 24.3 Å². The summed E-state index contributed by atoms with van der Waals surface area (Å²) in [6, 6.07) is 6.44. The molecule has 0 radical (unpaired) electrons. The first kappa shape index (κ1) is 17.7. The first-order valence-corrected chi connectivity index (χ1v) is 6.86. The Bertz CT molecular complexity index is 560. The molecule has 0 spiro atoms. The number of anilines is 1. The van der Waals surface area contributed by atoms with E-state index < -0.39 is 24.5 Å². The Kier molecular flexibility index (Phi) is 6.10. The topological polar surface area (TPSA) is 81.7 Å². The van der Waals surface area contributed by atoms with E-state index >= 15 is 0 Å². The second-order valence-corrected chi connectivity index (χ2v) is 5.98. The third-order valence-electron chi connectivity index (χ3n) is 2.65. The van der Waals surface area contributed by atoms with Crippen molar-refractivity contribution in [2.75, 3.05) is 19.0 Å². The highest BCUT2D eigenvalue weighted by molar-refractivity contribution is 6.01. The normalized spacial score (nSPS) is 10.7. The van der Waals surface area contributed by atoms with Gasteiger partial charge >= 0.3 is 11.9 Å². The van der Waals surface area contributed by atoms with Gasteiger partial charge in [0.2, 0.25) is 0 Å². The first-order chi connectivity index (χ1) is 10.2. The van der Waals surface area contributed by atoms with Gasteiger partial charge in [-0.25, -0.2) is 4.79 Å². The van der Waals surface area contributed by atoms with Crippen molar-refractivity contribution in [2.45, 2.75) is 27.2 Å². The van der Waals surface area contributed by atoms with Crippen LogP contribution in [0.5, 0.6) is 0 Å². The molecule has 0 heterocycles. The van der Waals surface area contributed by atoms with Gasteiger partial charge in [0, 0.05) is 0 Å². The smallest absolute Gasteiger partial charge is 0.339 e. The van der Waals surface area contributed by atoms with Gasteiger partial charge < -0.3 is 14.8 Å². The molecule has 1 amide bonds. The quantitative estimate of drug-likeness (QED) is 0.845. The lowest BCUT2D eigenvalue weighted by Gasteiger charge is -2.16. The number of nitrogens with one attached hydrogen (secondary N) is 1. The maximum Gasteiger partial charge on any atom is 0.339 e. The molecule has 0 saturated heterocycles.